The van der Waals surface area contributed by atoms with Crippen LogP contribution in [0, 0.1) is 5.82 Å². The van der Waals surface area contributed by atoms with E-state index in [1.165, 1.54) is 0 Å². The number of hydrogen-bond donors (Lipinski definition) is 1. The first-order valence-electron chi connectivity index (χ1n) is 6.50. The van der Waals surface area contributed by atoms with Crippen molar-refractivity contribution in [2.75, 3.05) is 6.61 Å². The maximum atomic E-state index is 14.1. The van der Waals surface area contributed by atoms with Gasteiger partial charge in [-0.1, -0.05) is 36.4 Å². The Hall–Kier alpha value is -1.23. The van der Waals surface area contributed by atoms with Crippen LogP contribution in [0.4, 0.5) is 4.39 Å². The molecule has 3 rings (SSSR count). The third-order valence-corrected chi connectivity index (χ3v) is 4.23. The molecule has 0 saturated heterocycles. The maximum Gasteiger partial charge on any atom is 0.143 e. The van der Waals surface area contributed by atoms with Crippen LogP contribution in [0.5, 0.6) is 0 Å². The van der Waals surface area contributed by atoms with E-state index in [0.717, 1.165) is 17.5 Å². The summed E-state index contributed by atoms with van der Waals surface area (Å²) < 4.78 is 20.1. The summed E-state index contributed by atoms with van der Waals surface area (Å²) >= 11 is 3.14. The second-order valence-electron chi connectivity index (χ2n) is 4.83. The summed E-state index contributed by atoms with van der Waals surface area (Å²) in [6.07, 6.45) is -0.724. The number of halogens is 2. The molecule has 104 valence electrons. The molecule has 1 heterocycles. The minimum absolute atomic E-state index is 0.251. The molecule has 0 aromatic heterocycles. The second-order valence-corrected chi connectivity index (χ2v) is 5.68. The van der Waals surface area contributed by atoms with Crippen LogP contribution in [0.25, 0.3) is 0 Å². The van der Waals surface area contributed by atoms with E-state index in [0.29, 0.717) is 11.1 Å². The third-order valence-electron chi connectivity index (χ3n) is 3.62. The van der Waals surface area contributed by atoms with Crippen LogP contribution in [0.2, 0.25) is 0 Å². The molecule has 20 heavy (non-hydrogen) atoms. The minimum atomic E-state index is -1.02. The normalized spacial score (nSPS) is 19.4. The molecule has 2 atom stereocenters. The highest BCUT2D eigenvalue weighted by Gasteiger charge is 2.30. The van der Waals surface area contributed by atoms with E-state index in [9.17, 15) is 9.50 Å². The number of hydrogen-bond acceptors (Lipinski definition) is 2. The van der Waals surface area contributed by atoms with Crippen LogP contribution in [0.3, 0.4) is 0 Å². The number of aliphatic hydroxyl groups excluding tert-OH is 1. The van der Waals surface area contributed by atoms with E-state index in [2.05, 4.69) is 15.9 Å². The van der Waals surface area contributed by atoms with Gasteiger partial charge in [0.25, 0.3) is 0 Å². The van der Waals surface area contributed by atoms with Crippen LogP contribution in [0.15, 0.2) is 46.9 Å². The lowest BCUT2D eigenvalue weighted by molar-refractivity contribution is -0.0496. The Balaban J connectivity index is 2.00. The van der Waals surface area contributed by atoms with Crippen molar-refractivity contribution in [3.05, 3.63) is 69.4 Å². The fourth-order valence-corrected chi connectivity index (χ4v) is 2.98. The van der Waals surface area contributed by atoms with Crippen LogP contribution in [-0.2, 0) is 11.2 Å². The van der Waals surface area contributed by atoms with Gasteiger partial charge in [0.05, 0.1) is 11.1 Å². The van der Waals surface area contributed by atoms with Gasteiger partial charge in [0, 0.05) is 5.56 Å². The van der Waals surface area contributed by atoms with Crippen molar-refractivity contribution in [2.24, 2.45) is 0 Å². The standard InChI is InChI=1S/C16H14BrFO2/c17-13-7-3-6-12(14(13)18)15(19)16-11-5-2-1-4-10(11)8-9-20-16/h1-7,15-16,19H,8-9H2. The van der Waals surface area contributed by atoms with E-state index in [-0.39, 0.29) is 5.56 Å². The highest BCUT2D eigenvalue weighted by molar-refractivity contribution is 9.10. The smallest absolute Gasteiger partial charge is 0.143 e. The predicted octanol–water partition coefficient (Wildman–Crippen LogP) is 3.94. The molecule has 2 aromatic rings. The molecule has 0 radical (unpaired) electrons. The molecule has 2 aromatic carbocycles. The zero-order chi connectivity index (χ0) is 14.1. The molecule has 1 aliphatic heterocycles. The maximum absolute atomic E-state index is 14.1. The quantitative estimate of drug-likeness (QED) is 0.900. The lowest BCUT2D eigenvalue weighted by Crippen LogP contribution is -2.22. The molecule has 2 unspecified atom stereocenters. The zero-order valence-corrected chi connectivity index (χ0v) is 12.3. The highest BCUT2D eigenvalue weighted by Crippen LogP contribution is 2.38. The molecular weight excluding hydrogens is 323 g/mol. The van der Waals surface area contributed by atoms with Crippen LogP contribution >= 0.6 is 15.9 Å². The van der Waals surface area contributed by atoms with Gasteiger partial charge in [-0.05, 0) is 39.5 Å². The molecule has 0 bridgehead atoms. The topological polar surface area (TPSA) is 29.5 Å². The van der Waals surface area contributed by atoms with Gasteiger partial charge >= 0.3 is 0 Å². The van der Waals surface area contributed by atoms with Crippen molar-refractivity contribution in [3.63, 3.8) is 0 Å². The Kier molecular flexibility index (Phi) is 3.87. The fraction of sp³-hybridized carbons (Fsp3) is 0.250. The Morgan fingerprint density at radius 1 is 1.20 bits per heavy atom. The van der Waals surface area contributed by atoms with E-state index in [4.69, 9.17) is 4.74 Å². The number of rotatable bonds is 2. The van der Waals surface area contributed by atoms with Gasteiger partial charge in [-0.25, -0.2) is 4.39 Å². The minimum Gasteiger partial charge on any atom is -0.385 e. The number of aliphatic hydroxyl groups is 1. The van der Waals surface area contributed by atoms with Crippen molar-refractivity contribution in [3.8, 4) is 0 Å². The van der Waals surface area contributed by atoms with Gasteiger partial charge in [0.15, 0.2) is 0 Å². The molecule has 1 N–H and O–H groups in total. The van der Waals surface area contributed by atoms with Crippen LogP contribution in [-0.4, -0.2) is 11.7 Å². The van der Waals surface area contributed by atoms with Crippen LogP contribution < -0.4 is 0 Å². The van der Waals surface area contributed by atoms with Gasteiger partial charge in [0.1, 0.15) is 18.0 Å². The largest absolute Gasteiger partial charge is 0.385 e. The van der Waals surface area contributed by atoms with E-state index in [1.54, 1.807) is 18.2 Å². The summed E-state index contributed by atoms with van der Waals surface area (Å²) in [6, 6.07) is 12.7. The first-order valence-corrected chi connectivity index (χ1v) is 7.29. The van der Waals surface area contributed by atoms with E-state index in [1.807, 2.05) is 24.3 Å². The molecular formula is C16H14BrFO2. The van der Waals surface area contributed by atoms with Crippen molar-refractivity contribution in [1.29, 1.82) is 0 Å². The average Bonchev–Trinajstić information content (AvgIpc) is 2.49. The number of benzene rings is 2. The van der Waals surface area contributed by atoms with Gasteiger partial charge in [-0.2, -0.15) is 0 Å². The Morgan fingerprint density at radius 3 is 2.85 bits per heavy atom. The lowest BCUT2D eigenvalue weighted by Gasteiger charge is -2.30. The van der Waals surface area contributed by atoms with E-state index < -0.39 is 18.0 Å². The molecule has 0 amide bonds. The number of ether oxygens (including phenoxy) is 1. The zero-order valence-electron chi connectivity index (χ0n) is 10.7. The Labute approximate surface area is 125 Å². The first-order chi connectivity index (χ1) is 9.68. The van der Waals surface area contributed by atoms with Gasteiger partial charge < -0.3 is 9.84 Å². The SMILES string of the molecule is OC(c1cccc(Br)c1F)C1OCCc2ccccc21. The Bertz CT molecular complexity index is 630. The summed E-state index contributed by atoms with van der Waals surface area (Å²) in [7, 11) is 0. The monoisotopic (exact) mass is 336 g/mol. The Morgan fingerprint density at radius 2 is 2.00 bits per heavy atom. The van der Waals surface area contributed by atoms with Crippen molar-refractivity contribution in [2.45, 2.75) is 18.6 Å². The van der Waals surface area contributed by atoms with Crippen LogP contribution in [0.1, 0.15) is 28.9 Å². The van der Waals surface area contributed by atoms with Gasteiger partial charge in [-0.3, -0.25) is 0 Å². The highest BCUT2D eigenvalue weighted by atomic mass is 79.9. The summed E-state index contributed by atoms with van der Waals surface area (Å²) in [5, 5.41) is 10.5. The summed E-state index contributed by atoms with van der Waals surface area (Å²) in [6.45, 7) is 0.536. The molecule has 0 saturated carbocycles. The van der Waals surface area contributed by atoms with E-state index >= 15 is 0 Å². The molecule has 1 aliphatic rings. The lowest BCUT2D eigenvalue weighted by atomic mass is 9.91. The third kappa shape index (κ3) is 2.39. The fourth-order valence-electron chi connectivity index (χ4n) is 2.60. The number of fused-ring (bicyclic) bond motifs is 1. The average molecular weight is 337 g/mol. The second kappa shape index (κ2) is 5.64. The molecule has 0 aliphatic carbocycles. The first kappa shape index (κ1) is 13.7. The summed E-state index contributed by atoms with van der Waals surface area (Å²) in [5.74, 6) is -0.438. The van der Waals surface area contributed by atoms with Crippen molar-refractivity contribution < 1.29 is 14.2 Å². The van der Waals surface area contributed by atoms with Gasteiger partial charge in [-0.15, -0.1) is 0 Å². The summed E-state index contributed by atoms with van der Waals surface area (Å²) in [4.78, 5) is 0. The molecule has 0 spiro atoms. The predicted molar refractivity (Wildman–Crippen MR) is 77.9 cm³/mol. The van der Waals surface area contributed by atoms with Gasteiger partial charge in [0.2, 0.25) is 0 Å². The molecule has 4 heteroatoms. The molecule has 0 fully saturated rings. The molecule has 2 nitrogen and oxygen atoms in total. The summed E-state index contributed by atoms with van der Waals surface area (Å²) in [5.41, 5.74) is 2.34. The van der Waals surface area contributed by atoms with Crippen molar-refractivity contribution >= 4 is 15.9 Å². The van der Waals surface area contributed by atoms with Crippen molar-refractivity contribution in [1.82, 2.24) is 0 Å².